The molecule has 1 heterocycles. The Kier molecular flexibility index (Phi) is 6.08. The lowest BCUT2D eigenvalue weighted by Crippen LogP contribution is -2.02. The summed E-state index contributed by atoms with van der Waals surface area (Å²) in [6, 6.07) is 0. The first-order chi connectivity index (χ1) is 7.58. The van der Waals surface area contributed by atoms with Crippen LogP contribution in [-0.2, 0) is 12.2 Å². The molecule has 0 aliphatic carbocycles. The number of hydrogen-bond acceptors (Lipinski definition) is 3. The molecule has 5 heteroatoms. The molecular formula is C11H16BrClN2S. The van der Waals surface area contributed by atoms with E-state index in [1.807, 2.05) is 11.8 Å². The predicted molar refractivity (Wildman–Crippen MR) is 75.2 cm³/mol. The van der Waals surface area contributed by atoms with Gasteiger partial charge in [0.2, 0.25) is 0 Å². The molecule has 0 aromatic carbocycles. The standard InChI is InChI=1S/C11H16BrClN2S/c1-4-7(3)16-6-9-14-8(5-2)10(12)11(13)15-9/h7H,4-6H2,1-3H3. The molecule has 2 nitrogen and oxygen atoms in total. The topological polar surface area (TPSA) is 25.8 Å². The van der Waals surface area contributed by atoms with Crippen molar-refractivity contribution in [2.75, 3.05) is 0 Å². The second kappa shape index (κ2) is 6.82. The molecule has 1 aromatic rings. The van der Waals surface area contributed by atoms with E-state index < -0.39 is 0 Å². The van der Waals surface area contributed by atoms with Gasteiger partial charge in [0.25, 0.3) is 0 Å². The van der Waals surface area contributed by atoms with E-state index in [9.17, 15) is 0 Å². The van der Waals surface area contributed by atoms with Crippen LogP contribution in [0.25, 0.3) is 0 Å². The summed E-state index contributed by atoms with van der Waals surface area (Å²) in [5.74, 6) is 1.66. The third-order valence-corrected chi connectivity index (χ3v) is 4.99. The van der Waals surface area contributed by atoms with Crippen LogP contribution in [-0.4, -0.2) is 15.2 Å². The van der Waals surface area contributed by atoms with Gasteiger partial charge in [-0.1, -0.05) is 32.4 Å². The summed E-state index contributed by atoms with van der Waals surface area (Å²) in [5.41, 5.74) is 0.986. The normalized spacial score (nSPS) is 12.8. The molecule has 0 saturated carbocycles. The molecule has 0 bridgehead atoms. The van der Waals surface area contributed by atoms with E-state index in [0.29, 0.717) is 10.4 Å². The quantitative estimate of drug-likeness (QED) is 0.747. The summed E-state index contributed by atoms with van der Waals surface area (Å²) in [4.78, 5) is 8.77. The molecule has 0 N–H and O–H groups in total. The van der Waals surface area contributed by atoms with Crippen LogP contribution < -0.4 is 0 Å². The highest BCUT2D eigenvalue weighted by molar-refractivity contribution is 9.10. The fourth-order valence-corrected chi connectivity index (χ4v) is 2.61. The Balaban J connectivity index is 2.78. The van der Waals surface area contributed by atoms with Crippen molar-refractivity contribution in [2.45, 2.75) is 44.6 Å². The number of thioether (sulfide) groups is 1. The summed E-state index contributed by atoms with van der Waals surface area (Å²) in [7, 11) is 0. The van der Waals surface area contributed by atoms with Gasteiger partial charge in [-0.05, 0) is 28.8 Å². The Bertz CT molecular complexity index is 360. The minimum Gasteiger partial charge on any atom is -0.236 e. The molecule has 1 atom stereocenters. The maximum atomic E-state index is 6.04. The summed E-state index contributed by atoms with van der Waals surface area (Å²) in [5, 5.41) is 1.16. The molecule has 0 radical (unpaired) electrons. The highest BCUT2D eigenvalue weighted by Gasteiger charge is 2.10. The van der Waals surface area contributed by atoms with E-state index in [-0.39, 0.29) is 0 Å². The van der Waals surface area contributed by atoms with Gasteiger partial charge in [-0.3, -0.25) is 0 Å². The molecule has 1 rings (SSSR count). The van der Waals surface area contributed by atoms with E-state index in [1.54, 1.807) is 0 Å². The molecule has 0 saturated heterocycles. The fourth-order valence-electron chi connectivity index (χ4n) is 1.14. The monoisotopic (exact) mass is 322 g/mol. The molecule has 0 aliphatic heterocycles. The van der Waals surface area contributed by atoms with Crippen LogP contribution in [0.15, 0.2) is 4.47 Å². The average Bonchev–Trinajstić information content (AvgIpc) is 2.29. The van der Waals surface area contributed by atoms with Gasteiger partial charge >= 0.3 is 0 Å². The van der Waals surface area contributed by atoms with Crippen molar-refractivity contribution in [2.24, 2.45) is 0 Å². The third kappa shape index (κ3) is 3.90. The lowest BCUT2D eigenvalue weighted by molar-refractivity contribution is 0.893. The zero-order valence-corrected chi connectivity index (χ0v) is 12.9. The van der Waals surface area contributed by atoms with Gasteiger partial charge in [0, 0.05) is 5.25 Å². The molecule has 0 amide bonds. The molecule has 0 fully saturated rings. The Hall–Kier alpha value is 0.200. The van der Waals surface area contributed by atoms with Crippen molar-refractivity contribution in [3.63, 3.8) is 0 Å². The average molecular weight is 324 g/mol. The van der Waals surface area contributed by atoms with Crippen molar-refractivity contribution >= 4 is 39.3 Å². The third-order valence-electron chi connectivity index (χ3n) is 2.33. The van der Waals surface area contributed by atoms with Gasteiger partial charge in [0.1, 0.15) is 11.0 Å². The van der Waals surface area contributed by atoms with E-state index in [2.05, 4.69) is 46.7 Å². The van der Waals surface area contributed by atoms with E-state index in [0.717, 1.165) is 34.6 Å². The van der Waals surface area contributed by atoms with Crippen molar-refractivity contribution in [1.29, 1.82) is 0 Å². The van der Waals surface area contributed by atoms with E-state index in [1.165, 1.54) is 0 Å². The molecule has 1 unspecified atom stereocenters. The number of hydrogen-bond donors (Lipinski definition) is 0. The molecule has 90 valence electrons. The van der Waals surface area contributed by atoms with Gasteiger partial charge in [0.15, 0.2) is 0 Å². The van der Waals surface area contributed by atoms with Gasteiger partial charge in [-0.15, -0.1) is 0 Å². The largest absolute Gasteiger partial charge is 0.236 e. The molecule has 0 spiro atoms. The zero-order chi connectivity index (χ0) is 12.1. The second-order valence-corrected chi connectivity index (χ2v) is 6.15. The van der Waals surface area contributed by atoms with Crippen molar-refractivity contribution in [1.82, 2.24) is 9.97 Å². The first-order valence-electron chi connectivity index (χ1n) is 5.40. The minimum absolute atomic E-state index is 0.520. The first-order valence-corrected chi connectivity index (χ1v) is 7.62. The fraction of sp³-hybridized carbons (Fsp3) is 0.636. The minimum atomic E-state index is 0.520. The van der Waals surface area contributed by atoms with Crippen LogP contribution >= 0.6 is 39.3 Å². The van der Waals surface area contributed by atoms with E-state index >= 15 is 0 Å². The number of aromatic nitrogens is 2. The lowest BCUT2D eigenvalue weighted by Gasteiger charge is -2.09. The number of rotatable bonds is 5. The zero-order valence-electron chi connectivity index (χ0n) is 9.76. The van der Waals surface area contributed by atoms with Crippen molar-refractivity contribution < 1.29 is 0 Å². The Morgan fingerprint density at radius 1 is 1.38 bits per heavy atom. The van der Waals surface area contributed by atoms with Crippen LogP contribution in [0.3, 0.4) is 0 Å². The molecule has 0 aliphatic rings. The lowest BCUT2D eigenvalue weighted by atomic mass is 10.3. The number of aryl methyl sites for hydroxylation is 1. The van der Waals surface area contributed by atoms with Crippen LogP contribution in [0, 0.1) is 0 Å². The summed E-state index contributed by atoms with van der Waals surface area (Å²) >= 11 is 11.3. The van der Waals surface area contributed by atoms with Gasteiger partial charge in [0.05, 0.1) is 15.9 Å². The van der Waals surface area contributed by atoms with Crippen molar-refractivity contribution in [3.05, 3.63) is 21.1 Å². The summed E-state index contributed by atoms with van der Waals surface area (Å²) in [6.45, 7) is 6.46. The van der Waals surface area contributed by atoms with Crippen LogP contribution in [0.1, 0.15) is 38.7 Å². The molecule has 16 heavy (non-hydrogen) atoms. The summed E-state index contributed by atoms with van der Waals surface area (Å²) in [6.07, 6.45) is 2.03. The van der Waals surface area contributed by atoms with Crippen LogP contribution in [0.5, 0.6) is 0 Å². The number of nitrogens with zero attached hydrogens (tertiary/aromatic N) is 2. The van der Waals surface area contributed by atoms with Gasteiger partial charge in [-0.25, -0.2) is 9.97 Å². The van der Waals surface area contributed by atoms with Gasteiger partial charge < -0.3 is 0 Å². The summed E-state index contributed by atoms with van der Waals surface area (Å²) < 4.78 is 0.828. The molecule has 1 aromatic heterocycles. The Morgan fingerprint density at radius 3 is 2.62 bits per heavy atom. The second-order valence-electron chi connectivity index (χ2n) is 3.57. The van der Waals surface area contributed by atoms with Crippen LogP contribution in [0.4, 0.5) is 0 Å². The highest BCUT2D eigenvalue weighted by Crippen LogP contribution is 2.26. The number of halogens is 2. The van der Waals surface area contributed by atoms with Crippen molar-refractivity contribution in [3.8, 4) is 0 Å². The SMILES string of the molecule is CCc1nc(CSC(C)CC)nc(Cl)c1Br. The van der Waals surface area contributed by atoms with E-state index in [4.69, 9.17) is 11.6 Å². The maximum absolute atomic E-state index is 6.04. The predicted octanol–water partition coefficient (Wildman–Crippen LogP) is 4.49. The smallest absolute Gasteiger partial charge is 0.147 e. The van der Waals surface area contributed by atoms with Crippen LogP contribution in [0.2, 0.25) is 5.15 Å². The maximum Gasteiger partial charge on any atom is 0.147 e. The Morgan fingerprint density at radius 2 is 2.06 bits per heavy atom. The van der Waals surface area contributed by atoms with Gasteiger partial charge in [-0.2, -0.15) is 11.8 Å². The molecular weight excluding hydrogens is 308 g/mol. The highest BCUT2D eigenvalue weighted by atomic mass is 79.9. The first kappa shape index (κ1) is 14.3. The Labute approximate surface area is 115 Å².